The fraction of sp³-hybridized carbons (Fsp3) is 0. The van der Waals surface area contributed by atoms with Crippen molar-refractivity contribution in [2.45, 2.75) is 0 Å². The molecule has 0 saturated carbocycles. The molecule has 1 aliphatic heterocycles. The van der Waals surface area contributed by atoms with E-state index < -0.39 is 0 Å². The zero-order chi connectivity index (χ0) is 37.3. The molecule has 0 bridgehead atoms. The summed E-state index contributed by atoms with van der Waals surface area (Å²) in [5.74, 6) is 1.66. The number of nitrogens with zero attached hydrogens (tertiary/aromatic N) is 1. The van der Waals surface area contributed by atoms with Crippen LogP contribution in [-0.2, 0) is 0 Å². The van der Waals surface area contributed by atoms with Gasteiger partial charge in [-0.3, -0.25) is 0 Å². The van der Waals surface area contributed by atoms with Crippen LogP contribution < -0.4 is 9.64 Å². The highest BCUT2D eigenvalue weighted by atomic mass is 16.5. The summed E-state index contributed by atoms with van der Waals surface area (Å²) in [6, 6.07) is 79.9. The normalized spacial score (nSPS) is 11.4. The topological polar surface area (TPSA) is 12.5 Å². The van der Waals surface area contributed by atoms with Crippen LogP contribution in [0.15, 0.2) is 224 Å². The highest BCUT2D eigenvalue weighted by Gasteiger charge is 2.30. The lowest BCUT2D eigenvalue weighted by Crippen LogP contribution is -2.12. The van der Waals surface area contributed by atoms with Gasteiger partial charge in [0.1, 0.15) is 11.5 Å². The predicted molar refractivity (Wildman–Crippen MR) is 234 cm³/mol. The Hall–Kier alpha value is -7.42. The molecule has 0 aromatic heterocycles. The number of benzene rings is 9. The SMILES string of the molecule is c1ccc(-c2ccc(N(c3cccc(-c4ccccc4)c3)c3cccc4c3-c3cccc(-c5ccccc5)c3-c3cccc(-c5ccccc5)c3O4)cc2)cc1. The van der Waals surface area contributed by atoms with Crippen molar-refractivity contribution in [1.82, 2.24) is 0 Å². The summed E-state index contributed by atoms with van der Waals surface area (Å²) in [5, 5.41) is 0. The van der Waals surface area contributed by atoms with E-state index in [1.54, 1.807) is 0 Å². The Morgan fingerprint density at radius 3 is 1.43 bits per heavy atom. The zero-order valence-electron chi connectivity index (χ0n) is 30.7. The van der Waals surface area contributed by atoms with E-state index in [2.05, 4.69) is 229 Å². The average molecular weight is 716 g/mol. The number of rotatable bonds is 7. The lowest BCUT2D eigenvalue weighted by atomic mass is 9.86. The number of hydrogen-bond acceptors (Lipinski definition) is 2. The Morgan fingerprint density at radius 1 is 0.286 bits per heavy atom. The predicted octanol–water partition coefficient (Wildman–Crippen LogP) is 15.3. The maximum absolute atomic E-state index is 7.27. The van der Waals surface area contributed by atoms with Gasteiger partial charge in [-0.2, -0.15) is 0 Å². The number of ether oxygens (including phenoxy) is 1. The van der Waals surface area contributed by atoms with E-state index in [1.165, 1.54) is 16.7 Å². The summed E-state index contributed by atoms with van der Waals surface area (Å²) in [5.41, 5.74) is 16.7. The highest BCUT2D eigenvalue weighted by Crippen LogP contribution is 2.56. The molecule has 1 heterocycles. The maximum Gasteiger partial charge on any atom is 0.143 e. The van der Waals surface area contributed by atoms with Crippen LogP contribution in [0.25, 0.3) is 66.8 Å². The number of fused-ring (bicyclic) bond motifs is 5. The van der Waals surface area contributed by atoms with E-state index >= 15 is 0 Å². The number of anilines is 3. The summed E-state index contributed by atoms with van der Waals surface area (Å²) in [7, 11) is 0. The van der Waals surface area contributed by atoms with E-state index in [-0.39, 0.29) is 0 Å². The summed E-state index contributed by atoms with van der Waals surface area (Å²) < 4.78 is 7.27. The van der Waals surface area contributed by atoms with Gasteiger partial charge in [0.05, 0.1) is 5.69 Å². The Morgan fingerprint density at radius 2 is 0.768 bits per heavy atom. The molecule has 9 aromatic carbocycles. The van der Waals surface area contributed by atoms with Crippen LogP contribution in [0.2, 0.25) is 0 Å². The molecule has 10 rings (SSSR count). The van der Waals surface area contributed by atoms with E-state index in [4.69, 9.17) is 4.74 Å². The van der Waals surface area contributed by atoms with Crippen molar-refractivity contribution in [3.63, 3.8) is 0 Å². The van der Waals surface area contributed by atoms with Gasteiger partial charge in [-0.1, -0.05) is 188 Å². The van der Waals surface area contributed by atoms with Gasteiger partial charge in [0.25, 0.3) is 0 Å². The lowest BCUT2D eigenvalue weighted by Gasteiger charge is -2.29. The molecule has 0 fully saturated rings. The van der Waals surface area contributed by atoms with Crippen molar-refractivity contribution >= 4 is 17.1 Å². The summed E-state index contributed by atoms with van der Waals surface area (Å²) in [4.78, 5) is 2.39. The maximum atomic E-state index is 7.27. The third-order valence-corrected chi connectivity index (χ3v) is 10.7. The third kappa shape index (κ3) is 6.04. The van der Waals surface area contributed by atoms with Gasteiger partial charge in [0.2, 0.25) is 0 Å². The first-order chi connectivity index (χ1) is 27.8. The molecule has 2 nitrogen and oxygen atoms in total. The van der Waals surface area contributed by atoms with Crippen molar-refractivity contribution in [1.29, 1.82) is 0 Å². The molecule has 0 amide bonds. The van der Waals surface area contributed by atoms with E-state index in [9.17, 15) is 0 Å². The van der Waals surface area contributed by atoms with Crippen LogP contribution in [0, 0.1) is 0 Å². The second-order valence-corrected chi connectivity index (χ2v) is 14.1. The van der Waals surface area contributed by atoms with Crippen LogP contribution in [0.5, 0.6) is 11.5 Å². The smallest absolute Gasteiger partial charge is 0.143 e. The Balaban J connectivity index is 1.24. The molecule has 1 aliphatic rings. The zero-order valence-corrected chi connectivity index (χ0v) is 30.7. The lowest BCUT2D eigenvalue weighted by molar-refractivity contribution is 0.489. The standard InChI is InChI=1S/C54H37NO/c1-5-17-38(18-6-1)40-33-35-44(36-34-40)55(45-26-13-25-43(37-45)39-19-7-2-8-20-39)50-31-16-32-51-53(50)48-29-14-27-46(41-21-9-3-10-22-41)52(48)49-30-15-28-47(54(49)56-51)42-23-11-4-12-24-42/h1-37H. The van der Waals surface area contributed by atoms with Crippen LogP contribution >= 0.6 is 0 Å². The van der Waals surface area contributed by atoms with Gasteiger partial charge in [-0.25, -0.2) is 0 Å². The van der Waals surface area contributed by atoms with Crippen molar-refractivity contribution in [3.8, 4) is 78.3 Å². The molecule has 0 spiro atoms. The first-order valence-electron chi connectivity index (χ1n) is 19.1. The molecule has 0 aliphatic carbocycles. The monoisotopic (exact) mass is 715 g/mol. The largest absolute Gasteiger partial charge is 0.455 e. The van der Waals surface area contributed by atoms with Crippen LogP contribution in [0.4, 0.5) is 17.1 Å². The van der Waals surface area contributed by atoms with Gasteiger partial charge in [0, 0.05) is 33.6 Å². The average Bonchev–Trinajstić information content (AvgIpc) is 3.43. The summed E-state index contributed by atoms with van der Waals surface area (Å²) in [6.45, 7) is 0. The molecule has 0 radical (unpaired) electrons. The molecule has 56 heavy (non-hydrogen) atoms. The van der Waals surface area contributed by atoms with Gasteiger partial charge in [0.15, 0.2) is 0 Å². The number of hydrogen-bond donors (Lipinski definition) is 0. The van der Waals surface area contributed by atoms with Crippen LogP contribution in [-0.4, -0.2) is 0 Å². The molecule has 2 heteroatoms. The van der Waals surface area contributed by atoms with E-state index in [0.717, 1.165) is 78.6 Å². The quantitative estimate of drug-likeness (QED) is 0.163. The number of para-hydroxylation sites is 1. The minimum Gasteiger partial charge on any atom is -0.455 e. The van der Waals surface area contributed by atoms with Gasteiger partial charge < -0.3 is 9.64 Å². The molecule has 0 N–H and O–H groups in total. The van der Waals surface area contributed by atoms with Crippen LogP contribution in [0.1, 0.15) is 0 Å². The van der Waals surface area contributed by atoms with Crippen LogP contribution in [0.3, 0.4) is 0 Å². The fourth-order valence-electron chi connectivity index (χ4n) is 8.09. The van der Waals surface area contributed by atoms with Gasteiger partial charge in [-0.15, -0.1) is 0 Å². The minimum atomic E-state index is 0.807. The van der Waals surface area contributed by atoms with Gasteiger partial charge in [-0.05, 0) is 80.9 Å². The molecule has 0 unspecified atom stereocenters. The fourth-order valence-corrected chi connectivity index (χ4v) is 8.09. The van der Waals surface area contributed by atoms with Gasteiger partial charge >= 0.3 is 0 Å². The third-order valence-electron chi connectivity index (χ3n) is 10.7. The van der Waals surface area contributed by atoms with Crippen molar-refractivity contribution in [3.05, 3.63) is 224 Å². The Bertz CT molecular complexity index is 2800. The van der Waals surface area contributed by atoms with E-state index in [0.29, 0.717) is 0 Å². The molecule has 0 saturated heterocycles. The Labute approximate surface area is 328 Å². The van der Waals surface area contributed by atoms with Crippen molar-refractivity contribution in [2.24, 2.45) is 0 Å². The Kier molecular flexibility index (Phi) is 8.55. The summed E-state index contributed by atoms with van der Waals surface area (Å²) in [6.07, 6.45) is 0. The molecule has 264 valence electrons. The first kappa shape index (κ1) is 33.2. The van der Waals surface area contributed by atoms with Crippen molar-refractivity contribution < 1.29 is 4.74 Å². The molecule has 9 aromatic rings. The highest BCUT2D eigenvalue weighted by molar-refractivity contribution is 6.05. The minimum absolute atomic E-state index is 0.807. The second-order valence-electron chi connectivity index (χ2n) is 14.1. The molecular formula is C54H37NO. The second kappa shape index (κ2) is 14.4. The molecule has 0 atom stereocenters. The van der Waals surface area contributed by atoms with Crippen molar-refractivity contribution in [2.75, 3.05) is 4.90 Å². The first-order valence-corrected chi connectivity index (χ1v) is 19.1. The van der Waals surface area contributed by atoms with E-state index in [1.807, 2.05) is 0 Å². The molecular weight excluding hydrogens is 679 g/mol. The summed E-state index contributed by atoms with van der Waals surface area (Å²) >= 11 is 0.